The SMILES string of the molecule is Cc1ccccc1N(C(=O)N(c1ccccc1)c1ccccc1)c1ccccc1. The zero-order valence-electron chi connectivity index (χ0n) is 16.3. The summed E-state index contributed by atoms with van der Waals surface area (Å²) in [5.74, 6) is 0. The molecule has 3 nitrogen and oxygen atoms in total. The Morgan fingerprint density at radius 3 is 1.34 bits per heavy atom. The van der Waals surface area contributed by atoms with Crippen molar-refractivity contribution in [1.29, 1.82) is 0 Å². The van der Waals surface area contributed by atoms with Crippen LogP contribution in [-0.4, -0.2) is 6.03 Å². The average molecular weight is 378 g/mol. The first-order chi connectivity index (χ1) is 14.3. The minimum absolute atomic E-state index is 0.136. The number of aryl methyl sites for hydroxylation is 1. The molecule has 0 fully saturated rings. The lowest BCUT2D eigenvalue weighted by Crippen LogP contribution is -2.38. The molecule has 3 heteroatoms. The van der Waals surface area contributed by atoms with Crippen molar-refractivity contribution in [1.82, 2.24) is 0 Å². The standard InChI is InChI=1S/C26H22N2O/c1-21-13-11-12-20-25(21)28(24-18-9-4-10-19-24)26(29)27(22-14-5-2-6-15-22)23-16-7-3-8-17-23/h2-20H,1H3. The molecule has 0 saturated carbocycles. The third kappa shape index (κ3) is 3.90. The third-order valence-corrected chi connectivity index (χ3v) is 4.78. The molecule has 0 bridgehead atoms. The van der Waals surface area contributed by atoms with E-state index in [0.29, 0.717) is 0 Å². The number of anilines is 4. The van der Waals surface area contributed by atoms with Gasteiger partial charge in [-0.1, -0.05) is 72.8 Å². The number of para-hydroxylation sites is 4. The van der Waals surface area contributed by atoms with Crippen molar-refractivity contribution in [2.75, 3.05) is 9.80 Å². The van der Waals surface area contributed by atoms with Crippen LogP contribution in [0.5, 0.6) is 0 Å². The summed E-state index contributed by atoms with van der Waals surface area (Å²) in [7, 11) is 0. The molecule has 0 radical (unpaired) electrons. The summed E-state index contributed by atoms with van der Waals surface area (Å²) in [5.41, 5.74) is 4.35. The van der Waals surface area contributed by atoms with Gasteiger partial charge in [0.15, 0.2) is 0 Å². The highest BCUT2D eigenvalue weighted by Crippen LogP contribution is 2.34. The van der Waals surface area contributed by atoms with Gasteiger partial charge in [0.05, 0.1) is 22.7 Å². The van der Waals surface area contributed by atoms with Gasteiger partial charge in [-0.05, 0) is 55.0 Å². The van der Waals surface area contributed by atoms with Gasteiger partial charge in [0, 0.05) is 0 Å². The van der Waals surface area contributed by atoms with Gasteiger partial charge in [0.2, 0.25) is 0 Å². The van der Waals surface area contributed by atoms with E-state index in [1.165, 1.54) is 0 Å². The molecule has 0 spiro atoms. The molecule has 0 saturated heterocycles. The number of nitrogens with zero attached hydrogens (tertiary/aromatic N) is 2. The second-order valence-corrected chi connectivity index (χ2v) is 6.75. The second-order valence-electron chi connectivity index (χ2n) is 6.75. The Hall–Kier alpha value is -3.85. The van der Waals surface area contributed by atoms with Crippen molar-refractivity contribution < 1.29 is 4.79 Å². The number of rotatable bonds is 4. The first-order valence-corrected chi connectivity index (χ1v) is 9.61. The summed E-state index contributed by atoms with van der Waals surface area (Å²) in [6.07, 6.45) is 0. The molecule has 0 atom stereocenters. The molecule has 0 heterocycles. The van der Waals surface area contributed by atoms with Crippen LogP contribution in [-0.2, 0) is 0 Å². The van der Waals surface area contributed by atoms with Gasteiger partial charge in [0.1, 0.15) is 0 Å². The highest BCUT2D eigenvalue weighted by Gasteiger charge is 2.27. The van der Waals surface area contributed by atoms with E-state index in [0.717, 1.165) is 28.3 Å². The largest absolute Gasteiger partial charge is 0.338 e. The summed E-state index contributed by atoms with van der Waals surface area (Å²) >= 11 is 0. The van der Waals surface area contributed by atoms with Gasteiger partial charge in [-0.2, -0.15) is 0 Å². The van der Waals surface area contributed by atoms with Crippen molar-refractivity contribution >= 4 is 28.8 Å². The molecule has 0 aromatic heterocycles. The summed E-state index contributed by atoms with van der Waals surface area (Å²) in [6, 6.07) is 37.1. The zero-order valence-corrected chi connectivity index (χ0v) is 16.3. The average Bonchev–Trinajstić information content (AvgIpc) is 2.78. The Morgan fingerprint density at radius 1 is 0.517 bits per heavy atom. The minimum Gasteiger partial charge on any atom is -0.262 e. The summed E-state index contributed by atoms with van der Waals surface area (Å²) < 4.78 is 0. The van der Waals surface area contributed by atoms with Gasteiger partial charge in [-0.15, -0.1) is 0 Å². The Labute approximate surface area is 171 Å². The molecule has 4 rings (SSSR count). The van der Waals surface area contributed by atoms with Gasteiger partial charge >= 0.3 is 6.03 Å². The number of carbonyl (C=O) groups excluding carboxylic acids is 1. The monoisotopic (exact) mass is 378 g/mol. The number of amides is 2. The van der Waals surface area contributed by atoms with Crippen molar-refractivity contribution in [2.45, 2.75) is 6.92 Å². The second kappa shape index (κ2) is 8.44. The lowest BCUT2D eigenvalue weighted by molar-refractivity contribution is 0.255. The van der Waals surface area contributed by atoms with Crippen LogP contribution in [0, 0.1) is 6.92 Å². The first-order valence-electron chi connectivity index (χ1n) is 9.61. The number of hydrogen-bond donors (Lipinski definition) is 0. The van der Waals surface area contributed by atoms with Gasteiger partial charge in [0.25, 0.3) is 0 Å². The maximum absolute atomic E-state index is 14.0. The molecule has 2 amide bonds. The van der Waals surface area contributed by atoms with Crippen molar-refractivity contribution in [3.63, 3.8) is 0 Å². The highest BCUT2D eigenvalue weighted by atomic mass is 16.2. The molecule has 0 N–H and O–H groups in total. The normalized spacial score (nSPS) is 10.4. The number of carbonyl (C=O) groups is 1. The molecule has 0 aliphatic heterocycles. The number of benzene rings is 4. The molecule has 142 valence electrons. The lowest BCUT2D eigenvalue weighted by Gasteiger charge is -2.32. The fourth-order valence-electron chi connectivity index (χ4n) is 3.37. The smallest absolute Gasteiger partial charge is 0.262 e. The Kier molecular flexibility index (Phi) is 5.39. The van der Waals surface area contributed by atoms with Gasteiger partial charge in [-0.3, -0.25) is 9.80 Å². The zero-order chi connectivity index (χ0) is 20.1. The van der Waals surface area contributed by atoms with Gasteiger partial charge < -0.3 is 0 Å². The fourth-order valence-corrected chi connectivity index (χ4v) is 3.37. The maximum atomic E-state index is 14.0. The summed E-state index contributed by atoms with van der Waals surface area (Å²) in [6.45, 7) is 2.02. The van der Waals surface area contributed by atoms with E-state index in [2.05, 4.69) is 0 Å². The van der Waals surface area contributed by atoms with E-state index >= 15 is 0 Å². The number of hydrogen-bond acceptors (Lipinski definition) is 1. The minimum atomic E-state index is -0.136. The molecule has 4 aromatic carbocycles. The van der Waals surface area contributed by atoms with Crippen molar-refractivity contribution in [2.24, 2.45) is 0 Å². The predicted molar refractivity (Wildman–Crippen MR) is 120 cm³/mol. The van der Waals surface area contributed by atoms with E-state index < -0.39 is 0 Å². The van der Waals surface area contributed by atoms with E-state index in [-0.39, 0.29) is 6.03 Å². The predicted octanol–water partition coefficient (Wildman–Crippen LogP) is 7.09. The lowest BCUT2D eigenvalue weighted by atomic mass is 10.1. The third-order valence-electron chi connectivity index (χ3n) is 4.78. The quantitative estimate of drug-likeness (QED) is 0.372. The Balaban J connectivity index is 1.88. The van der Waals surface area contributed by atoms with Crippen LogP contribution in [0.4, 0.5) is 27.5 Å². The first kappa shape index (κ1) is 18.5. The van der Waals surface area contributed by atoms with Crippen LogP contribution in [0.25, 0.3) is 0 Å². The van der Waals surface area contributed by atoms with Crippen LogP contribution in [0.1, 0.15) is 5.56 Å². The van der Waals surface area contributed by atoms with E-state index in [1.54, 1.807) is 9.80 Å². The van der Waals surface area contributed by atoms with Crippen LogP contribution in [0.3, 0.4) is 0 Å². The molecule has 0 aliphatic rings. The maximum Gasteiger partial charge on any atom is 0.338 e. The highest BCUT2D eigenvalue weighted by molar-refractivity contribution is 6.12. The summed E-state index contributed by atoms with van der Waals surface area (Å²) in [5, 5.41) is 0. The fraction of sp³-hybridized carbons (Fsp3) is 0.0385. The van der Waals surface area contributed by atoms with E-state index in [4.69, 9.17) is 0 Å². The van der Waals surface area contributed by atoms with E-state index in [9.17, 15) is 4.79 Å². The van der Waals surface area contributed by atoms with Crippen molar-refractivity contribution in [3.8, 4) is 0 Å². The molecule has 0 unspecified atom stereocenters. The molecular formula is C26H22N2O. The topological polar surface area (TPSA) is 23.6 Å². The van der Waals surface area contributed by atoms with Crippen molar-refractivity contribution in [3.05, 3.63) is 121 Å². The van der Waals surface area contributed by atoms with Gasteiger partial charge in [-0.25, -0.2) is 4.79 Å². The molecule has 29 heavy (non-hydrogen) atoms. The van der Waals surface area contributed by atoms with E-state index in [1.807, 2.05) is 122 Å². The molecule has 4 aromatic rings. The van der Waals surface area contributed by atoms with Crippen LogP contribution >= 0.6 is 0 Å². The Bertz CT molecular complexity index is 1040. The summed E-state index contributed by atoms with van der Waals surface area (Å²) in [4.78, 5) is 17.6. The van der Waals surface area contributed by atoms with Crippen LogP contribution in [0.15, 0.2) is 115 Å². The van der Waals surface area contributed by atoms with Crippen LogP contribution in [0.2, 0.25) is 0 Å². The van der Waals surface area contributed by atoms with Crippen LogP contribution < -0.4 is 9.80 Å². The molecular weight excluding hydrogens is 356 g/mol. The number of urea groups is 1. The Morgan fingerprint density at radius 2 is 0.897 bits per heavy atom. The molecule has 0 aliphatic carbocycles.